The fourth-order valence-corrected chi connectivity index (χ4v) is 6.09. The summed E-state index contributed by atoms with van der Waals surface area (Å²) in [6.45, 7) is 12.2. The molecule has 0 aliphatic carbocycles. The van der Waals surface area contributed by atoms with Crippen molar-refractivity contribution in [2.75, 3.05) is 44.8 Å². The van der Waals surface area contributed by atoms with E-state index in [1.807, 2.05) is 69.0 Å². The van der Waals surface area contributed by atoms with Crippen LogP contribution in [0.15, 0.2) is 60.7 Å². The molecule has 13 nitrogen and oxygen atoms in total. The molecule has 4 rings (SSSR count). The lowest BCUT2D eigenvalue weighted by Gasteiger charge is -2.29. The molecule has 2 heterocycles. The van der Waals surface area contributed by atoms with Crippen LogP contribution < -0.4 is 26.6 Å². The van der Waals surface area contributed by atoms with Gasteiger partial charge in [-0.05, 0) is 62.1 Å². The van der Waals surface area contributed by atoms with Crippen molar-refractivity contribution in [3.05, 3.63) is 66.2 Å². The third-order valence-electron chi connectivity index (χ3n) is 9.10. The molecule has 2 aliphatic heterocycles. The SMILES string of the molecule is CC(C)C[C@H](NC(=O)[C@H](CCc1ccccc1)NC(=O)CN1CCOCC1)C(=O)N[C@@H](Nc1ccccc1)C(=O)N[C@@H](CC(C)C)C(=O)[C@@]1(C)CO1. The summed E-state index contributed by atoms with van der Waals surface area (Å²) in [4.78, 5) is 70.3. The maximum absolute atomic E-state index is 14.0. The van der Waals surface area contributed by atoms with Gasteiger partial charge in [-0.25, -0.2) is 0 Å². The molecular weight excluding hydrogens is 664 g/mol. The Kier molecular flexibility index (Phi) is 15.2. The number of carbonyl (C=O) groups excluding carboxylic acids is 5. The summed E-state index contributed by atoms with van der Waals surface area (Å²) in [6.07, 6.45) is 0.230. The molecule has 2 aromatic rings. The maximum atomic E-state index is 14.0. The van der Waals surface area contributed by atoms with Gasteiger partial charge in [0.2, 0.25) is 17.7 Å². The van der Waals surface area contributed by atoms with Crippen molar-refractivity contribution in [3.8, 4) is 0 Å². The van der Waals surface area contributed by atoms with Crippen LogP contribution in [0.25, 0.3) is 0 Å². The van der Waals surface area contributed by atoms with Gasteiger partial charge in [-0.1, -0.05) is 76.2 Å². The first-order chi connectivity index (χ1) is 24.8. The van der Waals surface area contributed by atoms with E-state index in [0.717, 1.165) is 5.56 Å². The van der Waals surface area contributed by atoms with Crippen LogP contribution >= 0.6 is 0 Å². The average Bonchev–Trinajstić information content (AvgIpc) is 3.87. The van der Waals surface area contributed by atoms with Gasteiger partial charge >= 0.3 is 0 Å². The van der Waals surface area contributed by atoms with Crippen molar-refractivity contribution < 1.29 is 33.4 Å². The van der Waals surface area contributed by atoms with E-state index in [9.17, 15) is 24.0 Å². The summed E-state index contributed by atoms with van der Waals surface area (Å²) >= 11 is 0. The highest BCUT2D eigenvalue weighted by Gasteiger charge is 2.50. The summed E-state index contributed by atoms with van der Waals surface area (Å²) in [5.74, 6) is -2.11. The van der Waals surface area contributed by atoms with Gasteiger partial charge in [0.1, 0.15) is 17.7 Å². The van der Waals surface area contributed by atoms with Crippen molar-refractivity contribution in [1.29, 1.82) is 0 Å². The Labute approximate surface area is 307 Å². The zero-order chi connectivity index (χ0) is 37.7. The number of anilines is 1. The molecule has 0 bridgehead atoms. The van der Waals surface area contributed by atoms with Gasteiger partial charge in [0.25, 0.3) is 5.91 Å². The number of amides is 4. The molecule has 2 fully saturated rings. The quantitative estimate of drug-likeness (QED) is 0.102. The summed E-state index contributed by atoms with van der Waals surface area (Å²) in [7, 11) is 0. The Morgan fingerprint density at radius 2 is 1.29 bits per heavy atom. The Bertz CT molecular complexity index is 1480. The smallest absolute Gasteiger partial charge is 0.263 e. The van der Waals surface area contributed by atoms with E-state index in [1.54, 1.807) is 31.2 Å². The fraction of sp³-hybridized carbons (Fsp3) is 0.564. The number of nitrogens with one attached hydrogen (secondary N) is 5. The van der Waals surface area contributed by atoms with Crippen molar-refractivity contribution >= 4 is 35.1 Å². The molecule has 2 aliphatic rings. The normalized spacial score (nSPS) is 19.5. The highest BCUT2D eigenvalue weighted by atomic mass is 16.6. The van der Waals surface area contributed by atoms with Crippen molar-refractivity contribution in [2.45, 2.75) is 90.2 Å². The zero-order valence-electron chi connectivity index (χ0n) is 31.1. The minimum atomic E-state index is -1.28. The number of hydrogen-bond donors (Lipinski definition) is 5. The lowest BCUT2D eigenvalue weighted by atomic mass is 9.93. The van der Waals surface area contributed by atoms with Crippen molar-refractivity contribution in [3.63, 3.8) is 0 Å². The Hall–Kier alpha value is -4.33. The molecule has 5 atom stereocenters. The first kappa shape index (κ1) is 40.4. The standard InChI is InChI=1S/C39H56N6O7/c1-26(2)22-31(34(47)39(5)25-52-39)42-38(50)35(40-29-14-10-7-11-15-29)44-37(49)32(23-27(3)4)43-36(48)30(17-16-28-12-8-6-9-13-28)41-33(46)24-45-18-20-51-21-19-45/h6-15,26-27,30-32,35,40H,16-25H2,1-5H3,(H,41,46)(H,42,50)(H,43,48)(H,44,49)/t30-,31-,32-,35+,39+/m0/s1. The summed E-state index contributed by atoms with van der Waals surface area (Å²) in [5.41, 5.74) is 0.636. The minimum Gasteiger partial charge on any atom is -0.379 e. The van der Waals surface area contributed by atoms with Crippen LogP contribution in [0.5, 0.6) is 0 Å². The van der Waals surface area contributed by atoms with Gasteiger partial charge in [0.05, 0.1) is 32.4 Å². The lowest BCUT2D eigenvalue weighted by molar-refractivity contribution is -0.135. The van der Waals surface area contributed by atoms with E-state index in [1.165, 1.54) is 0 Å². The molecule has 0 spiro atoms. The number of hydrogen-bond acceptors (Lipinski definition) is 9. The monoisotopic (exact) mass is 720 g/mol. The van der Waals surface area contributed by atoms with Crippen LogP contribution in [0, 0.1) is 11.8 Å². The summed E-state index contributed by atoms with van der Waals surface area (Å²) in [5, 5.41) is 14.5. The molecule has 0 radical (unpaired) electrons. The Morgan fingerprint density at radius 3 is 1.88 bits per heavy atom. The van der Waals surface area contributed by atoms with Gasteiger partial charge < -0.3 is 36.1 Å². The van der Waals surface area contributed by atoms with E-state index in [4.69, 9.17) is 9.47 Å². The number of morpholine rings is 1. The number of ketones is 1. The average molecular weight is 721 g/mol. The predicted octanol–water partition coefficient (Wildman–Crippen LogP) is 2.41. The molecule has 52 heavy (non-hydrogen) atoms. The first-order valence-corrected chi connectivity index (χ1v) is 18.4. The number of aryl methyl sites for hydroxylation is 1. The van der Waals surface area contributed by atoms with Crippen LogP contribution in [0.2, 0.25) is 0 Å². The maximum Gasteiger partial charge on any atom is 0.263 e. The molecular formula is C39H56N6O7. The van der Waals surface area contributed by atoms with Gasteiger partial charge in [-0.15, -0.1) is 0 Å². The van der Waals surface area contributed by atoms with Gasteiger partial charge in [-0.2, -0.15) is 0 Å². The van der Waals surface area contributed by atoms with Crippen LogP contribution in [0.4, 0.5) is 5.69 Å². The highest BCUT2D eigenvalue weighted by Crippen LogP contribution is 2.29. The van der Waals surface area contributed by atoms with Crippen LogP contribution in [-0.4, -0.2) is 104 Å². The Balaban J connectivity index is 1.51. The molecule has 4 amide bonds. The Morgan fingerprint density at radius 1 is 0.731 bits per heavy atom. The molecule has 284 valence electrons. The van der Waals surface area contributed by atoms with E-state index in [2.05, 4.69) is 26.6 Å². The second kappa shape index (κ2) is 19.5. The minimum absolute atomic E-state index is 0.00332. The van der Waals surface area contributed by atoms with Crippen LogP contribution in [0.3, 0.4) is 0 Å². The lowest BCUT2D eigenvalue weighted by Crippen LogP contribution is -2.60. The van der Waals surface area contributed by atoms with Gasteiger partial charge in [0.15, 0.2) is 11.9 Å². The van der Waals surface area contributed by atoms with E-state index < -0.39 is 47.6 Å². The molecule has 0 unspecified atom stereocenters. The van der Waals surface area contributed by atoms with Crippen LogP contribution in [-0.2, 0) is 39.9 Å². The summed E-state index contributed by atoms with van der Waals surface area (Å²) in [6, 6.07) is 15.8. The van der Waals surface area contributed by atoms with Gasteiger partial charge in [-0.3, -0.25) is 28.9 Å². The number of para-hydroxylation sites is 1. The number of carbonyl (C=O) groups is 5. The second-order valence-electron chi connectivity index (χ2n) is 14.8. The van der Waals surface area contributed by atoms with Crippen molar-refractivity contribution in [1.82, 2.24) is 26.2 Å². The molecule has 0 aromatic heterocycles. The van der Waals surface area contributed by atoms with Crippen molar-refractivity contribution in [2.24, 2.45) is 11.8 Å². The number of nitrogens with zero attached hydrogens (tertiary/aromatic N) is 1. The number of epoxide rings is 1. The third-order valence-corrected chi connectivity index (χ3v) is 9.10. The summed E-state index contributed by atoms with van der Waals surface area (Å²) < 4.78 is 10.8. The molecule has 2 saturated heterocycles. The second-order valence-corrected chi connectivity index (χ2v) is 14.8. The molecule has 13 heteroatoms. The number of ether oxygens (including phenoxy) is 2. The van der Waals surface area contributed by atoms with Crippen LogP contribution in [0.1, 0.15) is 59.4 Å². The number of benzene rings is 2. The third kappa shape index (κ3) is 13.0. The topological polar surface area (TPSA) is 170 Å². The predicted molar refractivity (Wildman–Crippen MR) is 198 cm³/mol. The highest BCUT2D eigenvalue weighted by molar-refractivity contribution is 5.99. The fourth-order valence-electron chi connectivity index (χ4n) is 6.09. The largest absolute Gasteiger partial charge is 0.379 e. The molecule has 5 N–H and O–H groups in total. The van der Waals surface area contributed by atoms with E-state index in [0.29, 0.717) is 51.3 Å². The zero-order valence-corrected chi connectivity index (χ0v) is 31.1. The molecule has 2 aromatic carbocycles. The molecule has 0 saturated carbocycles. The first-order valence-electron chi connectivity index (χ1n) is 18.4. The van der Waals surface area contributed by atoms with E-state index in [-0.39, 0.29) is 43.1 Å². The number of Topliss-reactive ketones (excluding diaryl/α,β-unsaturated/α-hetero) is 1. The number of rotatable bonds is 20. The van der Waals surface area contributed by atoms with Gasteiger partial charge in [0, 0.05) is 18.8 Å². The van der Waals surface area contributed by atoms with E-state index >= 15 is 0 Å².